The summed E-state index contributed by atoms with van der Waals surface area (Å²) in [5.74, 6) is -1.69. The van der Waals surface area contributed by atoms with Gasteiger partial charge < -0.3 is 0 Å². The molecule has 0 bridgehead atoms. The average Bonchev–Trinajstić information content (AvgIpc) is 2.37. The highest BCUT2D eigenvalue weighted by Crippen LogP contribution is 2.19. The summed E-state index contributed by atoms with van der Waals surface area (Å²) in [6.45, 7) is 0. The van der Waals surface area contributed by atoms with Gasteiger partial charge in [-0.25, -0.2) is 0 Å². The summed E-state index contributed by atoms with van der Waals surface area (Å²) >= 11 is 1.27. The summed E-state index contributed by atoms with van der Waals surface area (Å²) < 4.78 is 35.1. The van der Waals surface area contributed by atoms with Crippen LogP contribution in [0.5, 0.6) is 0 Å². The van der Waals surface area contributed by atoms with Gasteiger partial charge in [0.25, 0.3) is 0 Å². The first-order valence-electron chi connectivity index (χ1n) is 3.11. The van der Waals surface area contributed by atoms with E-state index in [1.54, 1.807) is 5.38 Å². The highest BCUT2D eigenvalue weighted by molar-refractivity contribution is 7.07. The van der Waals surface area contributed by atoms with Crippen molar-refractivity contribution in [3.63, 3.8) is 0 Å². The first-order chi connectivity index (χ1) is 5.50. The van der Waals surface area contributed by atoms with Gasteiger partial charge in [-0.1, -0.05) is 0 Å². The smallest absolute Gasteiger partial charge is 0.289 e. The third kappa shape index (κ3) is 2.34. The fourth-order valence-electron chi connectivity index (χ4n) is 0.679. The zero-order chi connectivity index (χ0) is 9.19. The Morgan fingerprint density at radius 1 is 1.50 bits per heavy atom. The maximum absolute atomic E-state index is 11.7. The molecule has 1 nitrogen and oxygen atoms in total. The molecule has 0 aromatic carbocycles. The second kappa shape index (κ2) is 3.26. The van der Waals surface area contributed by atoms with Crippen LogP contribution >= 0.6 is 11.3 Å². The van der Waals surface area contributed by atoms with E-state index >= 15 is 0 Å². The summed E-state index contributed by atoms with van der Waals surface area (Å²) in [6, 6.07) is 1.51. The van der Waals surface area contributed by atoms with E-state index in [2.05, 4.69) is 0 Å². The molecule has 0 amide bonds. The molecule has 0 unspecified atom stereocenters. The Kier molecular flexibility index (Phi) is 2.52. The molecule has 0 saturated carbocycles. The Hall–Kier alpha value is -0.840. The van der Waals surface area contributed by atoms with Gasteiger partial charge in [-0.05, 0) is 22.4 Å². The Labute approximate surface area is 70.8 Å². The standard InChI is InChI=1S/C7H5F3OS/c8-7(9,10)6(11)3-5-1-2-12-4-5/h1-2,4H,3H2. The minimum absolute atomic E-state index is 0.419. The second-order valence-corrected chi connectivity index (χ2v) is 3.01. The zero-order valence-electron chi connectivity index (χ0n) is 5.89. The van der Waals surface area contributed by atoms with Gasteiger partial charge in [0, 0.05) is 6.42 Å². The predicted octanol–water partition coefficient (Wildman–Crippen LogP) is 2.42. The van der Waals surface area contributed by atoms with Crippen molar-refractivity contribution in [3.8, 4) is 0 Å². The minimum Gasteiger partial charge on any atom is -0.289 e. The van der Waals surface area contributed by atoms with E-state index < -0.39 is 18.4 Å². The summed E-state index contributed by atoms with van der Waals surface area (Å²) in [4.78, 5) is 10.4. The van der Waals surface area contributed by atoms with Crippen LogP contribution in [0.3, 0.4) is 0 Å². The van der Waals surface area contributed by atoms with Crippen LogP contribution in [0.1, 0.15) is 5.56 Å². The second-order valence-electron chi connectivity index (χ2n) is 2.23. The van der Waals surface area contributed by atoms with E-state index in [1.807, 2.05) is 0 Å². The van der Waals surface area contributed by atoms with Crippen LogP contribution in [0.25, 0.3) is 0 Å². The molecule has 1 aromatic heterocycles. The summed E-state index contributed by atoms with van der Waals surface area (Å²) in [7, 11) is 0. The summed E-state index contributed by atoms with van der Waals surface area (Å²) in [6.07, 6.45) is -5.26. The molecule has 0 saturated heterocycles. The van der Waals surface area contributed by atoms with Crippen molar-refractivity contribution in [3.05, 3.63) is 22.4 Å². The van der Waals surface area contributed by atoms with Crippen LogP contribution in [0.2, 0.25) is 0 Å². The molecule has 0 radical (unpaired) electrons. The van der Waals surface area contributed by atoms with Crippen LogP contribution in [0, 0.1) is 0 Å². The first kappa shape index (κ1) is 9.25. The van der Waals surface area contributed by atoms with E-state index in [9.17, 15) is 18.0 Å². The van der Waals surface area contributed by atoms with Crippen molar-refractivity contribution in [2.75, 3.05) is 0 Å². The molecular formula is C7H5F3OS. The molecular weight excluding hydrogens is 189 g/mol. The molecule has 1 rings (SSSR count). The van der Waals surface area contributed by atoms with Gasteiger partial charge in [0.2, 0.25) is 5.78 Å². The largest absolute Gasteiger partial charge is 0.450 e. The van der Waals surface area contributed by atoms with E-state index in [1.165, 1.54) is 22.8 Å². The SMILES string of the molecule is O=C(Cc1ccsc1)C(F)(F)F. The number of alkyl halides is 3. The molecule has 66 valence electrons. The number of rotatable bonds is 2. The number of carbonyl (C=O) groups is 1. The average molecular weight is 194 g/mol. The predicted molar refractivity (Wildman–Crippen MR) is 39.1 cm³/mol. The highest BCUT2D eigenvalue weighted by Gasteiger charge is 2.37. The van der Waals surface area contributed by atoms with Crippen LogP contribution in [0.4, 0.5) is 13.2 Å². The molecule has 12 heavy (non-hydrogen) atoms. The van der Waals surface area contributed by atoms with Crippen LogP contribution in [-0.4, -0.2) is 12.0 Å². The normalized spacial score (nSPS) is 11.6. The Balaban J connectivity index is 2.60. The number of Topliss-reactive ketones (excluding diaryl/α,β-unsaturated/α-hetero) is 1. The van der Waals surface area contributed by atoms with Crippen molar-refractivity contribution >= 4 is 17.1 Å². The summed E-state index contributed by atoms with van der Waals surface area (Å²) in [5.41, 5.74) is 0.419. The van der Waals surface area contributed by atoms with Gasteiger partial charge in [-0.2, -0.15) is 24.5 Å². The van der Waals surface area contributed by atoms with Crippen LogP contribution < -0.4 is 0 Å². The minimum atomic E-state index is -4.71. The highest BCUT2D eigenvalue weighted by atomic mass is 32.1. The monoisotopic (exact) mass is 194 g/mol. The molecule has 0 N–H and O–H groups in total. The number of halogens is 3. The molecule has 0 spiro atoms. The van der Waals surface area contributed by atoms with Crippen molar-refractivity contribution in [2.24, 2.45) is 0 Å². The molecule has 0 atom stereocenters. The first-order valence-corrected chi connectivity index (χ1v) is 4.05. The molecule has 0 aliphatic heterocycles. The molecule has 1 heterocycles. The molecule has 0 aliphatic carbocycles. The lowest BCUT2D eigenvalue weighted by Crippen LogP contribution is -2.24. The lowest BCUT2D eigenvalue weighted by Gasteiger charge is -2.02. The number of ketones is 1. The quantitative estimate of drug-likeness (QED) is 0.706. The fraction of sp³-hybridized carbons (Fsp3) is 0.286. The number of thiophene rings is 1. The van der Waals surface area contributed by atoms with E-state index in [0.717, 1.165) is 0 Å². The fourth-order valence-corrected chi connectivity index (χ4v) is 1.35. The lowest BCUT2D eigenvalue weighted by atomic mass is 10.2. The topological polar surface area (TPSA) is 17.1 Å². The van der Waals surface area contributed by atoms with Gasteiger partial charge in [0.15, 0.2) is 0 Å². The van der Waals surface area contributed by atoms with Crippen molar-refractivity contribution in [2.45, 2.75) is 12.6 Å². The Morgan fingerprint density at radius 3 is 2.58 bits per heavy atom. The van der Waals surface area contributed by atoms with Crippen LogP contribution in [-0.2, 0) is 11.2 Å². The maximum atomic E-state index is 11.7. The lowest BCUT2D eigenvalue weighted by molar-refractivity contribution is -0.170. The molecule has 0 fully saturated rings. The Bertz CT molecular complexity index is 263. The van der Waals surface area contributed by atoms with Gasteiger partial charge in [-0.15, -0.1) is 0 Å². The van der Waals surface area contributed by atoms with Gasteiger partial charge >= 0.3 is 6.18 Å². The van der Waals surface area contributed by atoms with Crippen molar-refractivity contribution < 1.29 is 18.0 Å². The number of carbonyl (C=O) groups excluding carboxylic acids is 1. The van der Waals surface area contributed by atoms with E-state index in [0.29, 0.717) is 5.56 Å². The maximum Gasteiger partial charge on any atom is 0.450 e. The number of hydrogen-bond acceptors (Lipinski definition) is 2. The number of hydrogen-bond donors (Lipinski definition) is 0. The van der Waals surface area contributed by atoms with Gasteiger partial charge in [-0.3, -0.25) is 4.79 Å². The van der Waals surface area contributed by atoms with E-state index in [4.69, 9.17) is 0 Å². The third-order valence-corrected chi connectivity index (χ3v) is 1.99. The van der Waals surface area contributed by atoms with Crippen molar-refractivity contribution in [1.29, 1.82) is 0 Å². The van der Waals surface area contributed by atoms with Crippen LogP contribution in [0.15, 0.2) is 16.8 Å². The van der Waals surface area contributed by atoms with Crippen molar-refractivity contribution in [1.82, 2.24) is 0 Å². The molecule has 0 aliphatic rings. The summed E-state index contributed by atoms with van der Waals surface area (Å²) in [5, 5.41) is 3.17. The molecule has 5 heteroatoms. The Morgan fingerprint density at radius 2 is 2.17 bits per heavy atom. The van der Waals surface area contributed by atoms with Gasteiger partial charge in [0.1, 0.15) is 0 Å². The van der Waals surface area contributed by atoms with E-state index in [-0.39, 0.29) is 0 Å². The molecule has 1 aromatic rings. The van der Waals surface area contributed by atoms with Gasteiger partial charge in [0.05, 0.1) is 0 Å². The zero-order valence-corrected chi connectivity index (χ0v) is 6.71. The third-order valence-electron chi connectivity index (χ3n) is 1.26.